The number of hydrogen-bond donors (Lipinski definition) is 1. The summed E-state index contributed by atoms with van der Waals surface area (Å²) in [6, 6.07) is 0. The third kappa shape index (κ3) is 2.63. The molecule has 1 aromatic rings. The number of amides is 1. The lowest BCUT2D eigenvalue weighted by molar-refractivity contribution is -0.141. The highest BCUT2D eigenvalue weighted by molar-refractivity contribution is 7.09. The highest BCUT2D eigenvalue weighted by Gasteiger charge is 2.34. The summed E-state index contributed by atoms with van der Waals surface area (Å²) in [4.78, 5) is 28.4. The summed E-state index contributed by atoms with van der Waals surface area (Å²) < 4.78 is 0. The molecule has 6 heteroatoms. The van der Waals surface area contributed by atoms with Gasteiger partial charge in [-0.15, -0.1) is 11.3 Å². The Bertz CT molecular complexity index is 444. The van der Waals surface area contributed by atoms with Crippen molar-refractivity contribution in [3.8, 4) is 0 Å². The van der Waals surface area contributed by atoms with E-state index in [2.05, 4.69) is 4.98 Å². The zero-order chi connectivity index (χ0) is 12.4. The minimum absolute atomic E-state index is 0.0940. The van der Waals surface area contributed by atoms with Crippen LogP contribution < -0.4 is 0 Å². The van der Waals surface area contributed by atoms with Crippen LogP contribution in [0.5, 0.6) is 0 Å². The first kappa shape index (κ1) is 12.0. The van der Waals surface area contributed by atoms with Gasteiger partial charge in [0.1, 0.15) is 0 Å². The molecule has 1 aliphatic heterocycles. The summed E-state index contributed by atoms with van der Waals surface area (Å²) >= 11 is 1.58. The van der Waals surface area contributed by atoms with E-state index in [4.69, 9.17) is 5.11 Å². The van der Waals surface area contributed by atoms with Gasteiger partial charge in [-0.2, -0.15) is 0 Å². The van der Waals surface area contributed by atoms with Gasteiger partial charge in [0, 0.05) is 18.3 Å². The van der Waals surface area contributed by atoms with Gasteiger partial charge < -0.3 is 10.0 Å². The molecule has 1 saturated heterocycles. The number of carbonyl (C=O) groups excluding carboxylic acids is 1. The van der Waals surface area contributed by atoms with Gasteiger partial charge in [0.05, 0.1) is 23.2 Å². The van der Waals surface area contributed by atoms with Crippen LogP contribution in [-0.4, -0.2) is 33.4 Å². The lowest BCUT2D eigenvalue weighted by atomic mass is 10.1. The number of hydrogen-bond acceptors (Lipinski definition) is 4. The van der Waals surface area contributed by atoms with E-state index < -0.39 is 11.9 Å². The van der Waals surface area contributed by atoms with Gasteiger partial charge in [0.25, 0.3) is 0 Å². The van der Waals surface area contributed by atoms with E-state index in [0.29, 0.717) is 13.1 Å². The molecule has 1 N–H and O–H groups in total. The van der Waals surface area contributed by atoms with E-state index in [1.807, 2.05) is 12.3 Å². The average molecular weight is 254 g/mol. The molecular weight excluding hydrogens is 240 g/mol. The summed E-state index contributed by atoms with van der Waals surface area (Å²) in [5.74, 6) is -1.55. The standard InChI is InChI=1S/C11H14N2O3S/c1-2-9-12-8(6-17-9)5-13-4-7(11(15)16)3-10(13)14/h6-7H,2-5H2,1H3,(H,15,16). The van der Waals surface area contributed by atoms with E-state index >= 15 is 0 Å². The molecule has 0 radical (unpaired) electrons. The predicted molar refractivity (Wildman–Crippen MR) is 62.7 cm³/mol. The maximum atomic E-state index is 11.6. The fourth-order valence-electron chi connectivity index (χ4n) is 1.87. The SMILES string of the molecule is CCc1nc(CN2CC(C(=O)O)CC2=O)cs1. The fraction of sp³-hybridized carbons (Fsp3) is 0.545. The largest absolute Gasteiger partial charge is 0.481 e. The van der Waals surface area contributed by atoms with E-state index in [0.717, 1.165) is 17.1 Å². The molecule has 0 aliphatic carbocycles. The molecule has 0 aromatic carbocycles. The van der Waals surface area contributed by atoms with E-state index in [1.54, 1.807) is 16.2 Å². The van der Waals surface area contributed by atoms with Crippen molar-refractivity contribution in [2.24, 2.45) is 5.92 Å². The number of likely N-dealkylation sites (tertiary alicyclic amines) is 1. The molecule has 1 amide bonds. The van der Waals surface area contributed by atoms with Crippen molar-refractivity contribution in [2.75, 3.05) is 6.54 Å². The molecule has 1 fully saturated rings. The van der Waals surface area contributed by atoms with Crippen LogP contribution in [0.25, 0.3) is 0 Å². The molecule has 1 aromatic heterocycles. The second-order valence-electron chi connectivity index (χ2n) is 4.10. The quantitative estimate of drug-likeness (QED) is 0.874. The maximum Gasteiger partial charge on any atom is 0.308 e. The van der Waals surface area contributed by atoms with Crippen LogP contribution >= 0.6 is 11.3 Å². The van der Waals surface area contributed by atoms with Gasteiger partial charge in [-0.05, 0) is 6.42 Å². The number of aliphatic carboxylic acids is 1. The number of aromatic nitrogens is 1. The second kappa shape index (κ2) is 4.83. The first-order valence-corrected chi connectivity index (χ1v) is 6.42. The zero-order valence-electron chi connectivity index (χ0n) is 9.55. The maximum absolute atomic E-state index is 11.6. The first-order valence-electron chi connectivity index (χ1n) is 5.54. The van der Waals surface area contributed by atoms with Crippen LogP contribution in [0, 0.1) is 5.92 Å². The normalized spacial score (nSPS) is 19.9. The summed E-state index contributed by atoms with van der Waals surface area (Å²) in [5.41, 5.74) is 0.853. The monoisotopic (exact) mass is 254 g/mol. The fourth-order valence-corrected chi connectivity index (χ4v) is 2.61. The average Bonchev–Trinajstić information content (AvgIpc) is 2.87. The van der Waals surface area contributed by atoms with Gasteiger partial charge >= 0.3 is 5.97 Å². The Morgan fingerprint density at radius 2 is 2.47 bits per heavy atom. The number of carbonyl (C=O) groups is 2. The van der Waals surface area contributed by atoms with E-state index in [-0.39, 0.29) is 12.3 Å². The van der Waals surface area contributed by atoms with Crippen LogP contribution in [0.3, 0.4) is 0 Å². The Labute approximate surface area is 103 Å². The van der Waals surface area contributed by atoms with Crippen molar-refractivity contribution in [1.29, 1.82) is 0 Å². The van der Waals surface area contributed by atoms with Gasteiger partial charge in [0.2, 0.25) is 5.91 Å². The van der Waals surface area contributed by atoms with Crippen LogP contribution in [0.2, 0.25) is 0 Å². The van der Waals surface area contributed by atoms with Crippen molar-refractivity contribution in [1.82, 2.24) is 9.88 Å². The van der Waals surface area contributed by atoms with Gasteiger partial charge in [-0.1, -0.05) is 6.92 Å². The predicted octanol–water partition coefficient (Wildman–Crippen LogP) is 1.14. The molecule has 0 spiro atoms. The molecule has 0 saturated carbocycles. The Balaban J connectivity index is 2.00. The molecule has 5 nitrogen and oxygen atoms in total. The van der Waals surface area contributed by atoms with Crippen LogP contribution in [0.1, 0.15) is 24.0 Å². The van der Waals surface area contributed by atoms with E-state index in [9.17, 15) is 9.59 Å². The minimum Gasteiger partial charge on any atom is -0.481 e. The summed E-state index contributed by atoms with van der Waals surface area (Å²) in [6.45, 7) is 2.76. The lowest BCUT2D eigenvalue weighted by Gasteiger charge is -2.13. The number of rotatable bonds is 4. The molecule has 2 rings (SSSR count). The van der Waals surface area contributed by atoms with Gasteiger partial charge in [-0.25, -0.2) is 4.98 Å². The van der Waals surface area contributed by atoms with E-state index in [1.165, 1.54) is 0 Å². The topological polar surface area (TPSA) is 70.5 Å². The molecule has 1 atom stereocenters. The number of carboxylic acid groups (broad SMARTS) is 1. The zero-order valence-corrected chi connectivity index (χ0v) is 10.4. The van der Waals surface area contributed by atoms with Crippen LogP contribution in [-0.2, 0) is 22.6 Å². The molecule has 17 heavy (non-hydrogen) atoms. The molecule has 2 heterocycles. The van der Waals surface area contributed by atoms with Crippen molar-refractivity contribution in [2.45, 2.75) is 26.3 Å². The van der Waals surface area contributed by atoms with Crippen LogP contribution in [0.15, 0.2) is 5.38 Å². The second-order valence-corrected chi connectivity index (χ2v) is 5.04. The number of nitrogens with zero attached hydrogens (tertiary/aromatic N) is 2. The minimum atomic E-state index is -0.895. The Morgan fingerprint density at radius 1 is 1.71 bits per heavy atom. The number of aryl methyl sites for hydroxylation is 1. The molecule has 1 aliphatic rings. The van der Waals surface area contributed by atoms with Crippen molar-refractivity contribution in [3.63, 3.8) is 0 Å². The Kier molecular flexibility index (Phi) is 3.42. The molecule has 0 bridgehead atoms. The summed E-state index contributed by atoms with van der Waals surface area (Å²) in [5, 5.41) is 11.8. The summed E-state index contributed by atoms with van der Waals surface area (Å²) in [6.07, 6.45) is 0.996. The third-order valence-electron chi connectivity index (χ3n) is 2.82. The molecule has 1 unspecified atom stereocenters. The molecular formula is C11H14N2O3S. The molecule has 92 valence electrons. The third-order valence-corrected chi connectivity index (χ3v) is 3.86. The summed E-state index contributed by atoms with van der Waals surface area (Å²) in [7, 11) is 0. The lowest BCUT2D eigenvalue weighted by Crippen LogP contribution is -2.25. The van der Waals surface area contributed by atoms with Gasteiger partial charge in [-0.3, -0.25) is 9.59 Å². The first-order chi connectivity index (χ1) is 8.10. The van der Waals surface area contributed by atoms with Gasteiger partial charge in [0.15, 0.2) is 0 Å². The highest BCUT2D eigenvalue weighted by atomic mass is 32.1. The Morgan fingerprint density at radius 3 is 3.00 bits per heavy atom. The highest BCUT2D eigenvalue weighted by Crippen LogP contribution is 2.21. The van der Waals surface area contributed by atoms with Crippen molar-refractivity contribution >= 4 is 23.2 Å². The van der Waals surface area contributed by atoms with Crippen molar-refractivity contribution < 1.29 is 14.7 Å². The number of thiazole rings is 1. The van der Waals surface area contributed by atoms with Crippen LogP contribution in [0.4, 0.5) is 0 Å². The van der Waals surface area contributed by atoms with Crippen molar-refractivity contribution in [3.05, 3.63) is 16.1 Å². The smallest absolute Gasteiger partial charge is 0.308 e. The number of carboxylic acids is 1. The Hall–Kier alpha value is -1.43.